The van der Waals surface area contributed by atoms with Gasteiger partial charge >= 0.3 is 0 Å². The van der Waals surface area contributed by atoms with Gasteiger partial charge in [0.2, 0.25) is 5.91 Å². The summed E-state index contributed by atoms with van der Waals surface area (Å²) in [6.45, 7) is 7.49. The van der Waals surface area contributed by atoms with Gasteiger partial charge in [-0.1, -0.05) is 12.5 Å². The van der Waals surface area contributed by atoms with Crippen molar-refractivity contribution in [2.24, 2.45) is 5.73 Å². The molecule has 0 atom stereocenters. The van der Waals surface area contributed by atoms with Gasteiger partial charge in [-0.2, -0.15) is 0 Å². The quantitative estimate of drug-likeness (QED) is 0.541. The molecule has 0 radical (unpaired) electrons. The van der Waals surface area contributed by atoms with Crippen LogP contribution in [0.4, 0.5) is 0 Å². The number of hydrogen-bond acceptors (Lipinski definition) is 2. The Labute approximate surface area is 85.9 Å². The highest BCUT2D eigenvalue weighted by Gasteiger charge is 1.96. The fraction of sp³-hybridized carbons (Fsp3) is 0.667. The maximum atomic E-state index is 10.3. The lowest BCUT2D eigenvalue weighted by atomic mass is 10.2. The van der Waals surface area contributed by atoms with Crippen LogP contribution < -0.4 is 11.9 Å². The molecule has 0 unspecified atom stereocenters. The Morgan fingerprint density at radius 2 is 1.62 bits per heavy atom. The van der Waals surface area contributed by atoms with E-state index < -0.39 is 0 Å². The van der Waals surface area contributed by atoms with E-state index in [2.05, 4.69) is 0 Å². The van der Waals surface area contributed by atoms with Crippen molar-refractivity contribution in [3.05, 3.63) is 11.1 Å². The van der Waals surface area contributed by atoms with Crippen molar-refractivity contribution >= 4 is 17.5 Å². The van der Waals surface area contributed by atoms with Crippen molar-refractivity contribution in [1.82, 2.24) is 6.15 Å². The topological polar surface area (TPSA) is 78.1 Å². The number of nitrogens with two attached hydrogens (primary N) is 1. The molecule has 4 heteroatoms. The molecule has 0 fully saturated rings. The molecule has 0 spiro atoms. The van der Waals surface area contributed by atoms with Crippen LogP contribution in [-0.2, 0) is 4.79 Å². The van der Waals surface area contributed by atoms with Crippen molar-refractivity contribution < 1.29 is 4.79 Å². The van der Waals surface area contributed by atoms with Gasteiger partial charge in [-0.05, 0) is 27.2 Å². The Hall–Kier alpha value is -0.540. The van der Waals surface area contributed by atoms with Gasteiger partial charge in [0.15, 0.2) is 0 Å². The number of carbonyl (C=O) groups excluding carboxylic acids is 1. The predicted molar refractivity (Wildman–Crippen MR) is 59.3 cm³/mol. The predicted octanol–water partition coefficient (Wildman–Crippen LogP) is 2.63. The van der Waals surface area contributed by atoms with Crippen LogP contribution in [0.3, 0.4) is 0 Å². The minimum Gasteiger partial charge on any atom is -0.366 e. The number of hydrogen-bond donors (Lipinski definition) is 2. The third-order valence-corrected chi connectivity index (χ3v) is 1.69. The summed E-state index contributed by atoms with van der Waals surface area (Å²) in [7, 11) is 0. The molecule has 13 heavy (non-hydrogen) atoms. The van der Waals surface area contributed by atoms with Gasteiger partial charge in [-0.3, -0.25) is 4.79 Å². The molecule has 0 aromatic carbocycles. The van der Waals surface area contributed by atoms with E-state index in [9.17, 15) is 4.79 Å². The first-order valence-corrected chi connectivity index (χ1v) is 4.50. The summed E-state index contributed by atoms with van der Waals surface area (Å²) in [4.78, 5) is 10.3. The van der Waals surface area contributed by atoms with E-state index in [4.69, 9.17) is 17.3 Å². The molecule has 0 saturated heterocycles. The van der Waals surface area contributed by atoms with E-state index >= 15 is 0 Å². The van der Waals surface area contributed by atoms with Crippen LogP contribution in [0.2, 0.25) is 0 Å². The molecule has 0 aliphatic carbocycles. The molecule has 0 bridgehead atoms. The summed E-state index contributed by atoms with van der Waals surface area (Å²) in [5.74, 6) is 0.463. The number of carbonyl (C=O) groups is 1. The zero-order chi connectivity index (χ0) is 10.1. The molecule has 0 aromatic rings. The number of amides is 1. The lowest BCUT2D eigenvalue weighted by molar-refractivity contribution is -0.114. The molecule has 0 saturated carbocycles. The van der Waals surface area contributed by atoms with Crippen molar-refractivity contribution in [3.63, 3.8) is 0 Å². The number of rotatable bonds is 2. The van der Waals surface area contributed by atoms with E-state index in [0.29, 0.717) is 5.57 Å². The van der Waals surface area contributed by atoms with Gasteiger partial charge in [-0.25, -0.2) is 0 Å². The molecule has 80 valence electrons. The SMILES string of the molecule is CC(C)=C(C)C(N)=O.CCCCl.N. The molecule has 0 aliphatic heterocycles. The van der Waals surface area contributed by atoms with Crippen LogP contribution in [0.5, 0.6) is 0 Å². The van der Waals surface area contributed by atoms with Crippen LogP contribution in [0.25, 0.3) is 0 Å². The van der Waals surface area contributed by atoms with Crippen LogP contribution in [-0.4, -0.2) is 11.8 Å². The molecule has 3 nitrogen and oxygen atoms in total. The maximum absolute atomic E-state index is 10.3. The van der Waals surface area contributed by atoms with Crippen LogP contribution in [0.1, 0.15) is 34.1 Å². The Kier molecular flexibility index (Phi) is 16.1. The van der Waals surface area contributed by atoms with E-state index in [1.807, 2.05) is 20.8 Å². The maximum Gasteiger partial charge on any atom is 0.244 e. The van der Waals surface area contributed by atoms with Crippen molar-refractivity contribution in [1.29, 1.82) is 0 Å². The summed E-state index contributed by atoms with van der Waals surface area (Å²) in [5, 5.41) is 0. The normalized spacial score (nSPS) is 7.46. The van der Waals surface area contributed by atoms with Gasteiger partial charge in [0.1, 0.15) is 0 Å². The first-order chi connectivity index (χ1) is 5.47. The van der Waals surface area contributed by atoms with Gasteiger partial charge in [0, 0.05) is 11.5 Å². The molecule has 0 aliphatic rings. The fourth-order valence-electron chi connectivity index (χ4n) is 0.246. The second-order valence-electron chi connectivity index (χ2n) is 2.68. The van der Waals surface area contributed by atoms with E-state index in [1.165, 1.54) is 0 Å². The zero-order valence-corrected chi connectivity index (χ0v) is 9.74. The van der Waals surface area contributed by atoms with E-state index in [-0.39, 0.29) is 12.1 Å². The van der Waals surface area contributed by atoms with Crippen LogP contribution in [0, 0.1) is 0 Å². The summed E-state index contributed by atoms with van der Waals surface area (Å²) in [5.41, 5.74) is 6.58. The molecule has 0 heterocycles. The standard InChI is InChI=1S/C6H11NO.C3H7Cl.H3N/c1-4(2)5(3)6(7)8;1-2-3-4;/h1-3H3,(H2,7,8);2-3H2,1H3;1H3. The van der Waals surface area contributed by atoms with Gasteiger partial charge in [-0.15, -0.1) is 11.6 Å². The highest BCUT2D eigenvalue weighted by Crippen LogP contribution is 1.98. The Morgan fingerprint density at radius 3 is 1.62 bits per heavy atom. The molecule has 5 N–H and O–H groups in total. The van der Waals surface area contributed by atoms with E-state index in [0.717, 1.165) is 17.9 Å². The lowest BCUT2D eigenvalue weighted by Gasteiger charge is -1.93. The lowest BCUT2D eigenvalue weighted by Crippen LogP contribution is -2.12. The average Bonchev–Trinajstić information content (AvgIpc) is 2.03. The molecular formula is C9H21ClN2O. The Balaban J connectivity index is -0.000000173. The summed E-state index contributed by atoms with van der Waals surface area (Å²) >= 11 is 5.19. The third-order valence-electron chi connectivity index (χ3n) is 1.31. The fourth-order valence-corrected chi connectivity index (χ4v) is 0.246. The summed E-state index contributed by atoms with van der Waals surface area (Å²) in [6, 6.07) is 0. The minimum absolute atomic E-state index is 0. The number of alkyl halides is 1. The second kappa shape index (κ2) is 11.5. The highest BCUT2D eigenvalue weighted by molar-refractivity contribution is 6.17. The summed E-state index contributed by atoms with van der Waals surface area (Å²) in [6.07, 6.45) is 1.08. The monoisotopic (exact) mass is 208 g/mol. The average molecular weight is 209 g/mol. The first kappa shape index (κ1) is 18.3. The Bertz CT molecular complexity index is 161. The largest absolute Gasteiger partial charge is 0.366 e. The smallest absolute Gasteiger partial charge is 0.244 e. The Morgan fingerprint density at radius 1 is 1.31 bits per heavy atom. The molecule has 0 rings (SSSR count). The van der Waals surface area contributed by atoms with Crippen LogP contribution >= 0.6 is 11.6 Å². The van der Waals surface area contributed by atoms with Crippen LogP contribution in [0.15, 0.2) is 11.1 Å². The van der Waals surface area contributed by atoms with Gasteiger partial charge in [0.05, 0.1) is 0 Å². The van der Waals surface area contributed by atoms with Crippen molar-refractivity contribution in [2.45, 2.75) is 34.1 Å². The first-order valence-electron chi connectivity index (χ1n) is 3.97. The van der Waals surface area contributed by atoms with Gasteiger partial charge in [0.25, 0.3) is 0 Å². The number of primary amides is 1. The van der Waals surface area contributed by atoms with E-state index in [1.54, 1.807) is 6.92 Å². The molecule has 0 aromatic heterocycles. The third kappa shape index (κ3) is 14.3. The number of halogens is 1. The molecule has 1 amide bonds. The van der Waals surface area contributed by atoms with Crippen molar-refractivity contribution in [2.75, 3.05) is 5.88 Å². The minimum atomic E-state index is -0.329. The second-order valence-corrected chi connectivity index (χ2v) is 3.06. The molecular weight excluding hydrogens is 188 g/mol. The van der Waals surface area contributed by atoms with Gasteiger partial charge < -0.3 is 11.9 Å². The zero-order valence-electron chi connectivity index (χ0n) is 8.98. The number of allylic oxidation sites excluding steroid dienone is 1. The highest BCUT2D eigenvalue weighted by atomic mass is 35.5. The van der Waals surface area contributed by atoms with Crippen molar-refractivity contribution in [3.8, 4) is 0 Å². The summed E-state index contributed by atoms with van der Waals surface area (Å²) < 4.78 is 0.